The molecule has 2 rings (SSSR count). The third-order valence-electron chi connectivity index (χ3n) is 3.30. The normalized spacial score (nSPS) is 11.7. The number of ether oxygens (including phenoxy) is 2. The van der Waals surface area contributed by atoms with Crippen molar-refractivity contribution >= 4 is 39.1 Å². The molecule has 0 saturated heterocycles. The minimum absolute atomic E-state index is 0.119. The maximum atomic E-state index is 12.0. The Bertz CT molecular complexity index is 691. The lowest BCUT2D eigenvalue weighted by Crippen LogP contribution is -2.20. The molecule has 1 atom stereocenters. The van der Waals surface area contributed by atoms with Crippen molar-refractivity contribution in [3.05, 3.63) is 52.0 Å². The van der Waals surface area contributed by atoms with E-state index in [-0.39, 0.29) is 18.6 Å². The minimum Gasteiger partial charge on any atom is -0.491 e. The zero-order chi connectivity index (χ0) is 17.5. The predicted molar refractivity (Wildman–Crippen MR) is 100 cm³/mol. The molecule has 0 heterocycles. The van der Waals surface area contributed by atoms with E-state index in [0.29, 0.717) is 16.5 Å². The number of anilines is 1. The molecule has 2 aromatic carbocycles. The van der Waals surface area contributed by atoms with Crippen molar-refractivity contribution in [1.82, 2.24) is 0 Å². The second kappa shape index (κ2) is 8.94. The van der Waals surface area contributed by atoms with Crippen LogP contribution in [0.4, 0.5) is 5.69 Å². The lowest BCUT2D eigenvalue weighted by Gasteiger charge is -2.13. The van der Waals surface area contributed by atoms with E-state index in [1.54, 1.807) is 30.3 Å². The van der Waals surface area contributed by atoms with Gasteiger partial charge in [0.2, 0.25) is 0 Å². The Morgan fingerprint density at radius 3 is 2.58 bits per heavy atom. The Labute approximate surface area is 155 Å². The molecule has 0 saturated carbocycles. The summed E-state index contributed by atoms with van der Waals surface area (Å²) in [4.78, 5) is 12.0. The number of halogens is 2. The van der Waals surface area contributed by atoms with Crippen LogP contribution < -0.4 is 14.8 Å². The molecule has 6 heteroatoms. The third kappa shape index (κ3) is 5.73. The second-order valence-electron chi connectivity index (χ2n) is 5.27. The molecule has 0 spiro atoms. The van der Waals surface area contributed by atoms with Crippen molar-refractivity contribution in [2.24, 2.45) is 0 Å². The van der Waals surface area contributed by atoms with Crippen LogP contribution in [-0.2, 0) is 4.79 Å². The lowest BCUT2D eigenvalue weighted by atomic mass is 10.3. The van der Waals surface area contributed by atoms with Gasteiger partial charge in [-0.2, -0.15) is 0 Å². The van der Waals surface area contributed by atoms with E-state index < -0.39 is 0 Å². The van der Waals surface area contributed by atoms with Crippen LogP contribution >= 0.6 is 27.5 Å². The highest BCUT2D eigenvalue weighted by atomic mass is 79.9. The van der Waals surface area contributed by atoms with Gasteiger partial charge in [-0.15, -0.1) is 0 Å². The summed E-state index contributed by atoms with van der Waals surface area (Å²) in [6.45, 7) is 3.96. The number of amides is 1. The second-order valence-corrected chi connectivity index (χ2v) is 6.60. The van der Waals surface area contributed by atoms with Gasteiger partial charge in [-0.05, 0) is 55.8 Å². The van der Waals surface area contributed by atoms with E-state index in [2.05, 4.69) is 28.2 Å². The number of benzene rings is 2. The average Bonchev–Trinajstić information content (AvgIpc) is 2.55. The molecule has 4 nitrogen and oxygen atoms in total. The van der Waals surface area contributed by atoms with Crippen molar-refractivity contribution in [3.63, 3.8) is 0 Å². The maximum absolute atomic E-state index is 12.0. The van der Waals surface area contributed by atoms with E-state index in [9.17, 15) is 4.79 Å². The quantitative estimate of drug-likeness (QED) is 0.671. The van der Waals surface area contributed by atoms with Gasteiger partial charge in [-0.1, -0.05) is 34.5 Å². The molecule has 0 aliphatic heterocycles. The summed E-state index contributed by atoms with van der Waals surface area (Å²) >= 11 is 9.36. The zero-order valence-electron chi connectivity index (χ0n) is 13.5. The summed E-state index contributed by atoms with van der Waals surface area (Å²) in [6.07, 6.45) is 1.10. The molecule has 0 aromatic heterocycles. The van der Waals surface area contributed by atoms with Gasteiger partial charge in [0.15, 0.2) is 6.61 Å². The van der Waals surface area contributed by atoms with Gasteiger partial charge in [-0.3, -0.25) is 4.79 Å². The zero-order valence-corrected chi connectivity index (χ0v) is 15.9. The monoisotopic (exact) mass is 411 g/mol. The first-order valence-corrected chi connectivity index (χ1v) is 8.79. The Balaban J connectivity index is 1.85. The van der Waals surface area contributed by atoms with Crippen LogP contribution in [0.2, 0.25) is 5.02 Å². The van der Waals surface area contributed by atoms with Crippen LogP contribution in [0.3, 0.4) is 0 Å². The van der Waals surface area contributed by atoms with Crippen LogP contribution in [0.15, 0.2) is 46.9 Å². The fourth-order valence-corrected chi connectivity index (χ4v) is 2.59. The average molecular weight is 413 g/mol. The predicted octanol–water partition coefficient (Wildman–Crippen LogP) is 5.30. The van der Waals surface area contributed by atoms with Crippen LogP contribution in [0.5, 0.6) is 11.5 Å². The topological polar surface area (TPSA) is 47.6 Å². The molecule has 24 heavy (non-hydrogen) atoms. The van der Waals surface area contributed by atoms with Crippen LogP contribution in [0, 0.1) is 0 Å². The van der Waals surface area contributed by atoms with Crippen LogP contribution in [0.25, 0.3) is 0 Å². The van der Waals surface area contributed by atoms with Crippen molar-refractivity contribution in [3.8, 4) is 11.5 Å². The molecular formula is C18H19BrClNO3. The lowest BCUT2D eigenvalue weighted by molar-refractivity contribution is -0.118. The van der Waals surface area contributed by atoms with E-state index >= 15 is 0 Å². The third-order valence-corrected chi connectivity index (χ3v) is 4.09. The van der Waals surface area contributed by atoms with E-state index in [1.807, 2.05) is 19.1 Å². The molecule has 0 bridgehead atoms. The largest absolute Gasteiger partial charge is 0.491 e. The smallest absolute Gasteiger partial charge is 0.262 e. The summed E-state index contributed by atoms with van der Waals surface area (Å²) in [5.41, 5.74) is 0.682. The summed E-state index contributed by atoms with van der Waals surface area (Å²) in [6, 6.07) is 12.5. The molecule has 2 aromatic rings. The summed E-state index contributed by atoms with van der Waals surface area (Å²) in [7, 11) is 0. The molecule has 1 amide bonds. The van der Waals surface area contributed by atoms with E-state index in [0.717, 1.165) is 16.6 Å². The Morgan fingerprint density at radius 2 is 1.96 bits per heavy atom. The summed E-state index contributed by atoms with van der Waals surface area (Å²) in [5.74, 6) is 0.983. The van der Waals surface area contributed by atoms with E-state index in [4.69, 9.17) is 21.1 Å². The maximum Gasteiger partial charge on any atom is 0.262 e. The molecular weight excluding hydrogens is 394 g/mol. The number of carbonyl (C=O) groups is 1. The molecule has 0 aliphatic rings. The highest BCUT2D eigenvalue weighted by Gasteiger charge is 2.07. The Kier molecular flexibility index (Phi) is 6.94. The van der Waals surface area contributed by atoms with Gasteiger partial charge in [0, 0.05) is 10.2 Å². The first kappa shape index (κ1) is 18.6. The number of hydrogen-bond donors (Lipinski definition) is 1. The minimum atomic E-state index is -0.260. The molecule has 0 radical (unpaired) electrons. The molecule has 1 unspecified atom stereocenters. The number of nitrogens with one attached hydrogen (secondary N) is 1. The highest BCUT2D eigenvalue weighted by molar-refractivity contribution is 9.10. The van der Waals surface area contributed by atoms with Crippen molar-refractivity contribution in [1.29, 1.82) is 0 Å². The number of hydrogen-bond acceptors (Lipinski definition) is 3. The number of carbonyl (C=O) groups excluding carboxylic acids is 1. The van der Waals surface area contributed by atoms with Crippen molar-refractivity contribution in [2.75, 3.05) is 11.9 Å². The molecule has 1 N–H and O–H groups in total. The highest BCUT2D eigenvalue weighted by Crippen LogP contribution is 2.27. The molecule has 0 fully saturated rings. The Morgan fingerprint density at radius 1 is 1.25 bits per heavy atom. The van der Waals surface area contributed by atoms with Gasteiger partial charge in [0.05, 0.1) is 11.1 Å². The standard InChI is InChI=1S/C18H19BrClNO3/c1-3-12(2)24-15-7-5-14(6-8-15)21-18(22)11-23-17-9-4-13(19)10-16(17)20/h4-10,12H,3,11H2,1-2H3,(H,21,22). The molecule has 0 aliphatic carbocycles. The van der Waals surface area contributed by atoms with Gasteiger partial charge >= 0.3 is 0 Å². The Hall–Kier alpha value is -1.72. The van der Waals surface area contributed by atoms with Crippen molar-refractivity contribution in [2.45, 2.75) is 26.4 Å². The van der Waals surface area contributed by atoms with Gasteiger partial charge in [0.25, 0.3) is 5.91 Å². The first-order valence-electron chi connectivity index (χ1n) is 7.62. The summed E-state index contributed by atoms with van der Waals surface area (Å²) in [5, 5.41) is 3.21. The molecule has 128 valence electrons. The van der Waals surface area contributed by atoms with E-state index in [1.165, 1.54) is 0 Å². The summed E-state index contributed by atoms with van der Waals surface area (Å²) < 4.78 is 12.0. The van der Waals surface area contributed by atoms with Crippen LogP contribution in [0.1, 0.15) is 20.3 Å². The number of rotatable bonds is 7. The van der Waals surface area contributed by atoms with Gasteiger partial charge < -0.3 is 14.8 Å². The fraction of sp³-hybridized carbons (Fsp3) is 0.278. The SMILES string of the molecule is CCC(C)Oc1ccc(NC(=O)COc2ccc(Br)cc2Cl)cc1. The van der Waals surface area contributed by atoms with Crippen molar-refractivity contribution < 1.29 is 14.3 Å². The fourth-order valence-electron chi connectivity index (χ4n) is 1.87. The van der Waals surface area contributed by atoms with Gasteiger partial charge in [-0.25, -0.2) is 0 Å². The van der Waals surface area contributed by atoms with Crippen LogP contribution in [-0.4, -0.2) is 18.6 Å². The first-order chi connectivity index (χ1) is 11.5. The van der Waals surface area contributed by atoms with Gasteiger partial charge in [0.1, 0.15) is 11.5 Å².